The smallest absolute Gasteiger partial charge is 0.313 e. The number of ether oxygens (including phenoxy) is 1. The van der Waals surface area contributed by atoms with Crippen molar-refractivity contribution in [1.29, 1.82) is 0 Å². The fraction of sp³-hybridized carbons (Fsp3) is 0.909. The summed E-state index contributed by atoms with van der Waals surface area (Å²) in [4.78, 5) is 11.8. The number of hydrogen-bond acceptors (Lipinski definition) is 3. The van der Waals surface area contributed by atoms with Crippen LogP contribution in [0.3, 0.4) is 0 Å². The SMILES string of the molecule is CC1(OC(=O)C(C)(C)CN)CCCC1. The summed E-state index contributed by atoms with van der Waals surface area (Å²) in [5, 5.41) is 0. The molecule has 0 aromatic carbocycles. The van der Waals surface area contributed by atoms with Crippen molar-refractivity contribution in [3.8, 4) is 0 Å². The Bertz CT molecular complexity index is 217. The largest absolute Gasteiger partial charge is 0.459 e. The number of nitrogens with two attached hydrogens (primary N) is 1. The summed E-state index contributed by atoms with van der Waals surface area (Å²) in [5.74, 6) is -0.163. The van der Waals surface area contributed by atoms with E-state index < -0.39 is 5.41 Å². The molecule has 0 bridgehead atoms. The fourth-order valence-corrected chi connectivity index (χ4v) is 1.67. The van der Waals surface area contributed by atoms with Gasteiger partial charge in [-0.15, -0.1) is 0 Å². The summed E-state index contributed by atoms with van der Waals surface area (Å²) in [7, 11) is 0. The number of hydrogen-bond donors (Lipinski definition) is 1. The van der Waals surface area contributed by atoms with E-state index in [0.29, 0.717) is 6.54 Å². The fourth-order valence-electron chi connectivity index (χ4n) is 1.67. The second-order valence-corrected chi connectivity index (χ2v) is 5.13. The maximum atomic E-state index is 11.8. The minimum absolute atomic E-state index is 0.163. The van der Waals surface area contributed by atoms with Crippen molar-refractivity contribution in [2.75, 3.05) is 6.54 Å². The second-order valence-electron chi connectivity index (χ2n) is 5.13. The van der Waals surface area contributed by atoms with E-state index in [1.54, 1.807) is 0 Å². The maximum absolute atomic E-state index is 11.8. The van der Waals surface area contributed by atoms with Gasteiger partial charge in [0.1, 0.15) is 5.60 Å². The first-order chi connectivity index (χ1) is 6.40. The molecule has 0 unspecified atom stereocenters. The molecule has 1 rings (SSSR count). The highest BCUT2D eigenvalue weighted by Gasteiger charge is 2.37. The molecule has 2 N–H and O–H groups in total. The maximum Gasteiger partial charge on any atom is 0.313 e. The van der Waals surface area contributed by atoms with Crippen LogP contribution >= 0.6 is 0 Å². The zero-order valence-electron chi connectivity index (χ0n) is 9.43. The molecule has 0 spiro atoms. The molecular formula is C11H21NO2. The van der Waals surface area contributed by atoms with Gasteiger partial charge in [0.2, 0.25) is 0 Å². The van der Waals surface area contributed by atoms with E-state index >= 15 is 0 Å². The highest BCUT2D eigenvalue weighted by Crippen LogP contribution is 2.34. The van der Waals surface area contributed by atoms with E-state index in [0.717, 1.165) is 25.7 Å². The minimum atomic E-state index is -0.550. The number of carbonyl (C=O) groups is 1. The lowest BCUT2D eigenvalue weighted by molar-refractivity contribution is -0.167. The third kappa shape index (κ3) is 2.47. The van der Waals surface area contributed by atoms with Crippen LogP contribution in [0.2, 0.25) is 0 Å². The van der Waals surface area contributed by atoms with Gasteiger partial charge >= 0.3 is 5.97 Å². The predicted octanol–water partition coefficient (Wildman–Crippen LogP) is 1.85. The number of esters is 1. The molecule has 0 atom stereocenters. The third-order valence-electron chi connectivity index (χ3n) is 3.06. The normalized spacial score (nSPS) is 20.9. The second kappa shape index (κ2) is 3.89. The summed E-state index contributed by atoms with van der Waals surface area (Å²) in [6.45, 7) is 6.01. The van der Waals surface area contributed by atoms with Crippen molar-refractivity contribution >= 4 is 5.97 Å². The molecule has 0 aliphatic heterocycles. The van der Waals surface area contributed by atoms with Crippen molar-refractivity contribution in [2.45, 2.75) is 52.1 Å². The van der Waals surface area contributed by atoms with Crippen LogP contribution in [0.5, 0.6) is 0 Å². The van der Waals surface area contributed by atoms with Crippen LogP contribution in [0.25, 0.3) is 0 Å². The molecule has 1 aliphatic rings. The van der Waals surface area contributed by atoms with E-state index in [2.05, 4.69) is 0 Å². The predicted molar refractivity (Wildman–Crippen MR) is 55.8 cm³/mol. The molecule has 3 heteroatoms. The van der Waals surface area contributed by atoms with Gasteiger partial charge in [-0.25, -0.2) is 0 Å². The Morgan fingerprint density at radius 3 is 2.36 bits per heavy atom. The van der Waals surface area contributed by atoms with Gasteiger partial charge in [-0.05, 0) is 46.5 Å². The van der Waals surface area contributed by atoms with Crippen molar-refractivity contribution in [3.63, 3.8) is 0 Å². The zero-order valence-corrected chi connectivity index (χ0v) is 9.43. The summed E-state index contributed by atoms with van der Waals surface area (Å²) in [5.41, 5.74) is 4.74. The Morgan fingerprint density at radius 1 is 1.43 bits per heavy atom. The molecule has 14 heavy (non-hydrogen) atoms. The van der Waals surface area contributed by atoms with Crippen molar-refractivity contribution < 1.29 is 9.53 Å². The molecular weight excluding hydrogens is 178 g/mol. The topological polar surface area (TPSA) is 52.3 Å². The average Bonchev–Trinajstić information content (AvgIpc) is 2.52. The number of carbonyl (C=O) groups excluding carboxylic acids is 1. The van der Waals surface area contributed by atoms with Crippen LogP contribution in [-0.4, -0.2) is 18.1 Å². The minimum Gasteiger partial charge on any atom is -0.459 e. The van der Waals surface area contributed by atoms with Crippen molar-refractivity contribution in [1.82, 2.24) is 0 Å². The average molecular weight is 199 g/mol. The molecule has 0 aromatic rings. The van der Waals surface area contributed by atoms with Gasteiger partial charge in [-0.1, -0.05) is 0 Å². The molecule has 0 saturated heterocycles. The highest BCUT2D eigenvalue weighted by molar-refractivity contribution is 5.76. The lowest BCUT2D eigenvalue weighted by atomic mass is 9.93. The number of rotatable bonds is 3. The molecule has 0 radical (unpaired) electrons. The van der Waals surface area contributed by atoms with Crippen molar-refractivity contribution in [2.24, 2.45) is 11.1 Å². The van der Waals surface area contributed by atoms with Gasteiger partial charge < -0.3 is 10.5 Å². The van der Waals surface area contributed by atoms with Gasteiger partial charge in [0.25, 0.3) is 0 Å². The van der Waals surface area contributed by atoms with Crippen LogP contribution in [0.1, 0.15) is 46.5 Å². The molecule has 1 aliphatic carbocycles. The van der Waals surface area contributed by atoms with Crippen LogP contribution in [0.4, 0.5) is 0 Å². The molecule has 0 amide bonds. The first-order valence-electron chi connectivity index (χ1n) is 5.33. The van der Waals surface area contributed by atoms with E-state index in [-0.39, 0.29) is 11.6 Å². The Morgan fingerprint density at radius 2 is 1.93 bits per heavy atom. The van der Waals surface area contributed by atoms with E-state index in [1.165, 1.54) is 0 Å². The van der Waals surface area contributed by atoms with Crippen LogP contribution in [0.15, 0.2) is 0 Å². The Kier molecular flexibility index (Phi) is 3.20. The molecule has 0 heterocycles. The van der Waals surface area contributed by atoms with E-state index in [9.17, 15) is 4.79 Å². The quantitative estimate of drug-likeness (QED) is 0.706. The van der Waals surface area contributed by atoms with E-state index in [4.69, 9.17) is 10.5 Å². The van der Waals surface area contributed by atoms with Crippen LogP contribution in [-0.2, 0) is 9.53 Å². The van der Waals surface area contributed by atoms with Gasteiger partial charge in [0.15, 0.2) is 0 Å². The Hall–Kier alpha value is -0.570. The first-order valence-corrected chi connectivity index (χ1v) is 5.33. The Balaban J connectivity index is 2.55. The van der Waals surface area contributed by atoms with Crippen LogP contribution < -0.4 is 5.73 Å². The molecule has 1 saturated carbocycles. The van der Waals surface area contributed by atoms with Crippen LogP contribution in [0, 0.1) is 5.41 Å². The molecule has 3 nitrogen and oxygen atoms in total. The van der Waals surface area contributed by atoms with Gasteiger partial charge in [-0.3, -0.25) is 4.79 Å². The lowest BCUT2D eigenvalue weighted by Crippen LogP contribution is -2.39. The third-order valence-corrected chi connectivity index (χ3v) is 3.06. The van der Waals surface area contributed by atoms with Gasteiger partial charge in [0, 0.05) is 6.54 Å². The molecule has 0 aromatic heterocycles. The van der Waals surface area contributed by atoms with Crippen molar-refractivity contribution in [3.05, 3.63) is 0 Å². The summed E-state index contributed by atoms with van der Waals surface area (Å²) >= 11 is 0. The molecule has 1 fully saturated rings. The lowest BCUT2D eigenvalue weighted by Gasteiger charge is -2.29. The standard InChI is InChI=1S/C11H21NO2/c1-10(2,8-12)9(13)14-11(3)6-4-5-7-11/h4-8,12H2,1-3H3. The van der Waals surface area contributed by atoms with E-state index in [1.807, 2.05) is 20.8 Å². The highest BCUT2D eigenvalue weighted by atomic mass is 16.6. The summed E-state index contributed by atoms with van der Waals surface area (Å²) in [6.07, 6.45) is 4.29. The molecule has 82 valence electrons. The summed E-state index contributed by atoms with van der Waals surface area (Å²) < 4.78 is 5.54. The summed E-state index contributed by atoms with van der Waals surface area (Å²) in [6, 6.07) is 0. The van der Waals surface area contributed by atoms with Gasteiger partial charge in [0.05, 0.1) is 5.41 Å². The Labute approximate surface area is 86.0 Å². The van der Waals surface area contributed by atoms with Gasteiger partial charge in [-0.2, -0.15) is 0 Å². The first kappa shape index (κ1) is 11.5. The zero-order chi connectivity index (χ0) is 10.8. The monoisotopic (exact) mass is 199 g/mol.